The lowest BCUT2D eigenvalue weighted by molar-refractivity contribution is -0.117. The van der Waals surface area contributed by atoms with Crippen LogP contribution in [0.2, 0.25) is 0 Å². The Morgan fingerprint density at radius 2 is 1.92 bits per heavy atom. The summed E-state index contributed by atoms with van der Waals surface area (Å²) < 4.78 is 1.04. The van der Waals surface area contributed by atoms with Crippen molar-refractivity contribution in [2.45, 2.75) is 19.4 Å². The Bertz CT molecular complexity index is 792. The summed E-state index contributed by atoms with van der Waals surface area (Å²) in [5.74, 6) is 0.0973. The molecule has 3 rings (SSSR count). The van der Waals surface area contributed by atoms with Gasteiger partial charge in [-0.15, -0.1) is 0 Å². The van der Waals surface area contributed by atoms with Crippen molar-refractivity contribution < 1.29 is 9.59 Å². The number of carbonyl (C=O) groups is 2. The van der Waals surface area contributed by atoms with E-state index in [9.17, 15) is 9.59 Å². The summed E-state index contributed by atoms with van der Waals surface area (Å²) in [6, 6.07) is 15.4. The Morgan fingerprint density at radius 3 is 2.58 bits per heavy atom. The Kier molecular flexibility index (Phi) is 6.06. The SMILES string of the molecule is CN(CC(=O)Nc1ccc(N2CCCC2=O)cc1)Cc1ccccc1Br. The van der Waals surface area contributed by atoms with Gasteiger partial charge in [-0.25, -0.2) is 0 Å². The van der Waals surface area contributed by atoms with Gasteiger partial charge in [0.2, 0.25) is 11.8 Å². The van der Waals surface area contributed by atoms with Crippen LogP contribution in [0.3, 0.4) is 0 Å². The third-order valence-electron chi connectivity index (χ3n) is 4.35. The number of nitrogens with one attached hydrogen (secondary N) is 1. The van der Waals surface area contributed by atoms with Gasteiger partial charge in [-0.05, 0) is 49.4 Å². The number of hydrogen-bond donors (Lipinski definition) is 1. The highest BCUT2D eigenvalue weighted by molar-refractivity contribution is 9.10. The number of hydrogen-bond acceptors (Lipinski definition) is 3. The zero-order valence-electron chi connectivity index (χ0n) is 14.7. The van der Waals surface area contributed by atoms with Gasteiger partial charge in [0.1, 0.15) is 0 Å². The summed E-state index contributed by atoms with van der Waals surface area (Å²) >= 11 is 3.53. The molecule has 1 aliphatic heterocycles. The lowest BCUT2D eigenvalue weighted by Crippen LogP contribution is -2.30. The minimum absolute atomic E-state index is 0.0652. The van der Waals surface area contributed by atoms with E-state index in [1.165, 1.54) is 0 Å². The molecule has 0 aliphatic carbocycles. The van der Waals surface area contributed by atoms with E-state index in [2.05, 4.69) is 21.2 Å². The molecule has 6 heteroatoms. The first-order valence-corrected chi connectivity index (χ1v) is 9.44. The molecule has 2 amide bonds. The fourth-order valence-electron chi connectivity index (χ4n) is 3.06. The van der Waals surface area contributed by atoms with Crippen molar-refractivity contribution in [3.05, 3.63) is 58.6 Å². The number of carbonyl (C=O) groups excluding carboxylic acids is 2. The number of benzene rings is 2. The summed E-state index contributed by atoms with van der Waals surface area (Å²) in [7, 11) is 1.92. The summed E-state index contributed by atoms with van der Waals surface area (Å²) in [6.07, 6.45) is 1.52. The number of nitrogens with zero attached hydrogens (tertiary/aromatic N) is 2. The van der Waals surface area contributed by atoms with Crippen LogP contribution >= 0.6 is 15.9 Å². The van der Waals surface area contributed by atoms with E-state index in [4.69, 9.17) is 0 Å². The van der Waals surface area contributed by atoms with Gasteiger partial charge in [0.25, 0.3) is 0 Å². The average Bonchev–Trinajstić information content (AvgIpc) is 3.03. The first kappa shape index (κ1) is 18.6. The minimum Gasteiger partial charge on any atom is -0.325 e. The standard InChI is InChI=1S/C20H22BrN3O2/c1-23(13-15-5-2-3-6-18(15)21)14-19(25)22-16-8-10-17(11-9-16)24-12-4-7-20(24)26/h2-3,5-6,8-11H,4,7,12-14H2,1H3,(H,22,25). The Hall–Kier alpha value is -2.18. The predicted molar refractivity (Wildman–Crippen MR) is 107 cm³/mol. The van der Waals surface area contributed by atoms with Crippen molar-refractivity contribution >= 4 is 39.1 Å². The van der Waals surface area contributed by atoms with Crippen molar-refractivity contribution in [2.24, 2.45) is 0 Å². The van der Waals surface area contributed by atoms with E-state index in [0.717, 1.165) is 34.4 Å². The van der Waals surface area contributed by atoms with Gasteiger partial charge in [-0.2, -0.15) is 0 Å². The van der Waals surface area contributed by atoms with Crippen LogP contribution in [0.4, 0.5) is 11.4 Å². The van der Waals surface area contributed by atoms with Crippen LogP contribution in [0.1, 0.15) is 18.4 Å². The maximum atomic E-state index is 12.3. The number of anilines is 2. The highest BCUT2D eigenvalue weighted by Gasteiger charge is 2.21. The van der Waals surface area contributed by atoms with Crippen molar-refractivity contribution in [2.75, 3.05) is 30.4 Å². The van der Waals surface area contributed by atoms with Crippen molar-refractivity contribution in [1.29, 1.82) is 0 Å². The lowest BCUT2D eigenvalue weighted by Gasteiger charge is -2.18. The Labute approximate surface area is 162 Å². The van der Waals surface area contributed by atoms with Gasteiger partial charge >= 0.3 is 0 Å². The largest absolute Gasteiger partial charge is 0.325 e. The normalized spacial score (nSPS) is 14.1. The van der Waals surface area contributed by atoms with E-state index < -0.39 is 0 Å². The highest BCUT2D eigenvalue weighted by Crippen LogP contribution is 2.23. The van der Waals surface area contributed by atoms with E-state index in [-0.39, 0.29) is 11.8 Å². The lowest BCUT2D eigenvalue weighted by atomic mass is 10.2. The van der Waals surface area contributed by atoms with Gasteiger partial charge in [0.05, 0.1) is 6.54 Å². The van der Waals surface area contributed by atoms with E-state index in [1.54, 1.807) is 4.90 Å². The summed E-state index contributed by atoms with van der Waals surface area (Å²) in [4.78, 5) is 27.8. The molecule has 2 aromatic rings. The van der Waals surface area contributed by atoms with Crippen LogP contribution in [-0.4, -0.2) is 36.9 Å². The fourth-order valence-corrected chi connectivity index (χ4v) is 3.48. The fraction of sp³-hybridized carbons (Fsp3) is 0.300. The summed E-state index contributed by atoms with van der Waals surface area (Å²) in [5, 5.41) is 2.91. The average molecular weight is 416 g/mol. The first-order valence-electron chi connectivity index (χ1n) is 8.65. The first-order chi connectivity index (χ1) is 12.5. The summed E-state index contributed by atoms with van der Waals surface area (Å²) in [6.45, 7) is 1.75. The van der Waals surface area contributed by atoms with E-state index in [0.29, 0.717) is 19.5 Å². The maximum Gasteiger partial charge on any atom is 0.238 e. The molecule has 0 bridgehead atoms. The predicted octanol–water partition coefficient (Wildman–Crippen LogP) is 3.65. The third-order valence-corrected chi connectivity index (χ3v) is 5.12. The molecule has 1 saturated heterocycles. The number of amides is 2. The molecule has 1 fully saturated rings. The monoisotopic (exact) mass is 415 g/mol. The highest BCUT2D eigenvalue weighted by atomic mass is 79.9. The zero-order valence-corrected chi connectivity index (χ0v) is 16.3. The molecule has 0 unspecified atom stereocenters. The van der Waals surface area contributed by atoms with Gasteiger partial charge in [-0.1, -0.05) is 34.1 Å². The molecule has 0 spiro atoms. The molecule has 2 aromatic carbocycles. The summed E-state index contributed by atoms with van der Waals surface area (Å²) in [5.41, 5.74) is 2.76. The van der Waals surface area contributed by atoms with Crippen LogP contribution in [0.25, 0.3) is 0 Å². The number of halogens is 1. The maximum absolute atomic E-state index is 12.3. The smallest absolute Gasteiger partial charge is 0.238 e. The van der Waals surface area contributed by atoms with Gasteiger partial charge in [0.15, 0.2) is 0 Å². The molecule has 0 atom stereocenters. The molecule has 1 heterocycles. The van der Waals surface area contributed by atoms with Crippen LogP contribution in [0.15, 0.2) is 53.0 Å². The van der Waals surface area contributed by atoms with Crippen molar-refractivity contribution in [3.8, 4) is 0 Å². The minimum atomic E-state index is -0.0652. The molecule has 1 N–H and O–H groups in total. The van der Waals surface area contributed by atoms with E-state index >= 15 is 0 Å². The molecule has 5 nitrogen and oxygen atoms in total. The Morgan fingerprint density at radius 1 is 1.19 bits per heavy atom. The van der Waals surface area contributed by atoms with Crippen LogP contribution in [0.5, 0.6) is 0 Å². The molecule has 136 valence electrons. The van der Waals surface area contributed by atoms with Crippen LogP contribution in [-0.2, 0) is 16.1 Å². The van der Waals surface area contributed by atoms with Gasteiger partial charge in [-0.3, -0.25) is 14.5 Å². The molecule has 0 aromatic heterocycles. The van der Waals surface area contributed by atoms with Gasteiger partial charge < -0.3 is 10.2 Å². The molecule has 1 aliphatic rings. The zero-order chi connectivity index (χ0) is 18.5. The topological polar surface area (TPSA) is 52.7 Å². The van der Waals surface area contributed by atoms with Crippen LogP contribution in [0, 0.1) is 0 Å². The second-order valence-corrected chi connectivity index (χ2v) is 7.36. The number of likely N-dealkylation sites (N-methyl/N-ethyl adjacent to an activating group) is 1. The second-order valence-electron chi connectivity index (χ2n) is 6.51. The van der Waals surface area contributed by atoms with Crippen LogP contribution < -0.4 is 10.2 Å². The third kappa shape index (κ3) is 4.71. The van der Waals surface area contributed by atoms with E-state index in [1.807, 2.05) is 60.5 Å². The molecular weight excluding hydrogens is 394 g/mol. The second kappa shape index (κ2) is 8.47. The quantitative estimate of drug-likeness (QED) is 0.783. The molecule has 26 heavy (non-hydrogen) atoms. The molecule has 0 saturated carbocycles. The van der Waals surface area contributed by atoms with Crippen molar-refractivity contribution in [3.63, 3.8) is 0 Å². The molecule has 0 radical (unpaired) electrons. The molecular formula is C20H22BrN3O2. The van der Waals surface area contributed by atoms with Gasteiger partial charge in [0, 0.05) is 35.4 Å². The Balaban J connectivity index is 1.53. The number of rotatable bonds is 6. The van der Waals surface area contributed by atoms with Crippen molar-refractivity contribution in [1.82, 2.24) is 4.90 Å².